The first-order chi connectivity index (χ1) is 12.7. The number of hydrazone groups is 1. The molecule has 0 saturated carbocycles. The zero-order valence-corrected chi connectivity index (χ0v) is 14.3. The monoisotopic (exact) mass is 343 g/mol. The van der Waals surface area contributed by atoms with Crippen molar-refractivity contribution in [3.8, 4) is 6.07 Å². The highest BCUT2D eigenvalue weighted by Crippen LogP contribution is 2.24. The summed E-state index contributed by atoms with van der Waals surface area (Å²) in [6, 6.07) is 16.8. The van der Waals surface area contributed by atoms with Gasteiger partial charge in [-0.05, 0) is 43.3 Å². The molecule has 1 unspecified atom stereocenters. The molecule has 1 atom stereocenters. The topological polar surface area (TPSA) is 85.1 Å². The Morgan fingerprint density at radius 2 is 2.00 bits per heavy atom. The van der Waals surface area contributed by atoms with E-state index in [0.717, 1.165) is 35.4 Å². The van der Waals surface area contributed by atoms with Crippen LogP contribution < -0.4 is 5.01 Å². The summed E-state index contributed by atoms with van der Waals surface area (Å²) in [7, 11) is 0. The molecule has 3 aromatic rings. The molecule has 128 valence electrons. The molecule has 6 heteroatoms. The number of hydrogen-bond acceptors (Lipinski definition) is 5. The minimum Gasteiger partial charge on any atom is -0.340 e. The van der Waals surface area contributed by atoms with Crippen LogP contribution in [0.2, 0.25) is 0 Å². The minimum absolute atomic E-state index is 0.265. The van der Waals surface area contributed by atoms with Gasteiger partial charge in [-0.25, -0.2) is 4.98 Å². The molecule has 2 heterocycles. The lowest BCUT2D eigenvalue weighted by molar-refractivity contribution is 0.0976. The Morgan fingerprint density at radius 3 is 2.65 bits per heavy atom. The van der Waals surface area contributed by atoms with Crippen molar-refractivity contribution >= 4 is 28.2 Å². The fraction of sp³-hybridized carbons (Fsp3) is 0.200. The second-order valence-electron chi connectivity index (χ2n) is 6.32. The quantitative estimate of drug-likeness (QED) is 0.733. The average Bonchev–Trinajstić information content (AvgIpc) is 3.28. The van der Waals surface area contributed by atoms with Crippen LogP contribution in [0.4, 0.5) is 5.69 Å². The molecule has 4 rings (SSSR count). The van der Waals surface area contributed by atoms with E-state index < -0.39 is 5.92 Å². The first-order valence-corrected chi connectivity index (χ1v) is 8.46. The van der Waals surface area contributed by atoms with E-state index in [-0.39, 0.29) is 5.78 Å². The third kappa shape index (κ3) is 2.84. The van der Waals surface area contributed by atoms with Crippen LogP contribution in [-0.4, -0.2) is 28.0 Å². The largest absolute Gasteiger partial charge is 0.340 e. The number of Topliss-reactive ketones (excluding diaryl/α,β-unsaturated/α-hetero) is 1. The molecular formula is C20H17N5O. The number of nitrogens with one attached hydrogen (secondary N) is 1. The highest BCUT2D eigenvalue weighted by Gasteiger charge is 2.25. The lowest BCUT2D eigenvalue weighted by Gasteiger charge is -2.14. The molecular weight excluding hydrogens is 326 g/mol. The van der Waals surface area contributed by atoms with E-state index in [4.69, 9.17) is 0 Å². The molecule has 1 aliphatic heterocycles. The SMILES string of the molecule is CC1=NN(c2ccc(C(=O)C(C#N)c3nc4ccccc4[nH]3)cc2)CC1. The maximum Gasteiger partial charge on any atom is 0.187 e. The third-order valence-corrected chi connectivity index (χ3v) is 4.50. The van der Waals surface area contributed by atoms with Gasteiger partial charge in [-0.3, -0.25) is 9.80 Å². The van der Waals surface area contributed by atoms with Gasteiger partial charge in [0.2, 0.25) is 0 Å². The van der Waals surface area contributed by atoms with Gasteiger partial charge in [-0.15, -0.1) is 0 Å². The number of carbonyl (C=O) groups is 1. The second kappa shape index (κ2) is 6.45. The number of nitriles is 1. The number of ketones is 1. The van der Waals surface area contributed by atoms with Crippen molar-refractivity contribution in [2.45, 2.75) is 19.3 Å². The van der Waals surface area contributed by atoms with Crippen LogP contribution in [0.3, 0.4) is 0 Å². The lowest BCUT2D eigenvalue weighted by Crippen LogP contribution is -2.14. The van der Waals surface area contributed by atoms with Crippen molar-refractivity contribution in [2.24, 2.45) is 5.10 Å². The number of benzene rings is 2. The van der Waals surface area contributed by atoms with Gasteiger partial charge in [0.1, 0.15) is 5.82 Å². The van der Waals surface area contributed by atoms with Crippen LogP contribution in [0, 0.1) is 11.3 Å². The number of aromatic nitrogens is 2. The van der Waals surface area contributed by atoms with E-state index in [0.29, 0.717) is 11.4 Å². The van der Waals surface area contributed by atoms with Gasteiger partial charge in [0, 0.05) is 24.2 Å². The van der Waals surface area contributed by atoms with E-state index in [1.165, 1.54) is 0 Å². The van der Waals surface area contributed by atoms with Gasteiger partial charge in [-0.2, -0.15) is 10.4 Å². The number of imidazole rings is 1. The van der Waals surface area contributed by atoms with Crippen molar-refractivity contribution in [1.29, 1.82) is 5.26 Å². The Morgan fingerprint density at radius 1 is 1.23 bits per heavy atom. The van der Waals surface area contributed by atoms with Gasteiger partial charge in [0.05, 0.1) is 22.8 Å². The Balaban J connectivity index is 1.60. The summed E-state index contributed by atoms with van der Waals surface area (Å²) in [5.74, 6) is -0.845. The van der Waals surface area contributed by atoms with Crippen molar-refractivity contribution < 1.29 is 4.79 Å². The predicted molar refractivity (Wildman–Crippen MR) is 100 cm³/mol. The maximum absolute atomic E-state index is 12.8. The first-order valence-electron chi connectivity index (χ1n) is 8.46. The summed E-state index contributed by atoms with van der Waals surface area (Å²) >= 11 is 0. The number of aromatic amines is 1. The summed E-state index contributed by atoms with van der Waals surface area (Å²) < 4.78 is 0. The molecule has 1 aromatic heterocycles. The van der Waals surface area contributed by atoms with Crippen molar-refractivity contribution in [3.63, 3.8) is 0 Å². The Labute approximate surface area is 150 Å². The highest BCUT2D eigenvalue weighted by molar-refractivity contribution is 6.02. The van der Waals surface area contributed by atoms with Gasteiger partial charge in [0.15, 0.2) is 11.7 Å². The molecule has 0 bridgehead atoms. The molecule has 6 nitrogen and oxygen atoms in total. The summed E-state index contributed by atoms with van der Waals surface area (Å²) in [5, 5.41) is 15.9. The third-order valence-electron chi connectivity index (χ3n) is 4.50. The Hall–Kier alpha value is -3.46. The molecule has 0 fully saturated rings. The lowest BCUT2D eigenvalue weighted by atomic mass is 9.98. The fourth-order valence-corrected chi connectivity index (χ4v) is 3.08. The van der Waals surface area contributed by atoms with Gasteiger partial charge in [0.25, 0.3) is 0 Å². The molecule has 1 N–H and O–H groups in total. The van der Waals surface area contributed by atoms with E-state index in [1.807, 2.05) is 48.3 Å². The first kappa shape index (κ1) is 16.0. The minimum atomic E-state index is -0.958. The Bertz CT molecular complexity index is 1010. The molecule has 0 radical (unpaired) electrons. The molecule has 26 heavy (non-hydrogen) atoms. The summed E-state index contributed by atoms with van der Waals surface area (Å²) in [4.78, 5) is 20.3. The molecule has 1 aliphatic rings. The van der Waals surface area contributed by atoms with Crippen LogP contribution in [0.25, 0.3) is 11.0 Å². The van der Waals surface area contributed by atoms with Crippen LogP contribution in [0.1, 0.15) is 35.4 Å². The average molecular weight is 343 g/mol. The maximum atomic E-state index is 12.8. The van der Waals surface area contributed by atoms with Gasteiger partial charge < -0.3 is 4.98 Å². The standard InChI is InChI=1S/C20H17N5O/c1-13-10-11-25(24-13)15-8-6-14(7-9-15)19(26)16(12-21)20-22-17-4-2-3-5-18(17)23-20/h2-9,16H,10-11H2,1H3,(H,22,23). The van der Waals surface area contributed by atoms with Gasteiger partial charge in [-0.1, -0.05) is 12.1 Å². The number of rotatable bonds is 4. The summed E-state index contributed by atoms with van der Waals surface area (Å²) in [5.41, 5.74) is 4.08. The number of para-hydroxylation sites is 2. The number of H-pyrrole nitrogens is 1. The van der Waals surface area contributed by atoms with Crippen LogP contribution in [-0.2, 0) is 0 Å². The van der Waals surface area contributed by atoms with Gasteiger partial charge >= 0.3 is 0 Å². The number of carbonyl (C=O) groups excluding carboxylic acids is 1. The number of hydrogen-bond donors (Lipinski definition) is 1. The zero-order valence-electron chi connectivity index (χ0n) is 14.3. The van der Waals surface area contributed by atoms with E-state index in [2.05, 4.69) is 21.1 Å². The Kier molecular flexibility index (Phi) is 3.98. The second-order valence-corrected chi connectivity index (χ2v) is 6.32. The molecule has 0 spiro atoms. The molecule has 0 aliphatic carbocycles. The van der Waals surface area contributed by atoms with E-state index >= 15 is 0 Å². The predicted octanol–water partition coefficient (Wildman–Crippen LogP) is 3.64. The fourth-order valence-electron chi connectivity index (χ4n) is 3.08. The van der Waals surface area contributed by atoms with E-state index in [9.17, 15) is 10.1 Å². The smallest absolute Gasteiger partial charge is 0.187 e. The van der Waals surface area contributed by atoms with Crippen LogP contribution in [0.15, 0.2) is 53.6 Å². The normalized spacial score (nSPS) is 14.9. The number of anilines is 1. The summed E-state index contributed by atoms with van der Waals surface area (Å²) in [6.07, 6.45) is 0.948. The van der Waals surface area contributed by atoms with E-state index in [1.54, 1.807) is 12.1 Å². The molecule has 0 saturated heterocycles. The molecule has 2 aromatic carbocycles. The summed E-state index contributed by atoms with van der Waals surface area (Å²) in [6.45, 7) is 2.85. The van der Waals surface area contributed by atoms with Crippen molar-refractivity contribution in [1.82, 2.24) is 9.97 Å². The van der Waals surface area contributed by atoms with Crippen LogP contribution >= 0.6 is 0 Å². The van der Waals surface area contributed by atoms with Crippen LogP contribution in [0.5, 0.6) is 0 Å². The number of nitrogens with zero attached hydrogens (tertiary/aromatic N) is 4. The van der Waals surface area contributed by atoms with Crippen molar-refractivity contribution in [3.05, 3.63) is 59.9 Å². The number of fused-ring (bicyclic) bond motifs is 1. The zero-order chi connectivity index (χ0) is 18.1. The van der Waals surface area contributed by atoms with Crippen molar-refractivity contribution in [2.75, 3.05) is 11.6 Å². The highest BCUT2D eigenvalue weighted by atomic mass is 16.1. The molecule has 0 amide bonds.